The van der Waals surface area contributed by atoms with Crippen molar-refractivity contribution in [2.45, 2.75) is 85.1 Å². The lowest BCUT2D eigenvalue weighted by Crippen LogP contribution is -2.49. The molecule has 0 aliphatic carbocycles. The van der Waals surface area contributed by atoms with E-state index in [9.17, 15) is 29.1 Å². The van der Waals surface area contributed by atoms with Gasteiger partial charge in [-0.15, -0.1) is 0 Å². The van der Waals surface area contributed by atoms with E-state index in [4.69, 9.17) is 10.5 Å². The summed E-state index contributed by atoms with van der Waals surface area (Å²) in [5, 5.41) is 16.8. The van der Waals surface area contributed by atoms with Gasteiger partial charge < -0.3 is 30.8 Å². The molecule has 2 aliphatic rings. The number of pyridine rings is 2. The molecule has 4 heterocycles. The molecule has 2 aromatic heterocycles. The number of halogens is 1. The minimum atomic E-state index is -1.97. The second kappa shape index (κ2) is 12.9. The molecule has 1 aromatic carbocycles. The molecule has 0 saturated heterocycles. The highest BCUT2D eigenvalue weighted by molar-refractivity contribution is 5.99. The number of nitrogens with two attached hydrogens (primary N) is 1. The van der Waals surface area contributed by atoms with Gasteiger partial charge in [0.15, 0.2) is 5.60 Å². The van der Waals surface area contributed by atoms with Gasteiger partial charge in [-0.2, -0.15) is 0 Å². The average molecular weight is 650 g/mol. The minimum absolute atomic E-state index is 0.00684. The molecule has 47 heavy (non-hydrogen) atoms. The highest BCUT2D eigenvalue weighted by atomic mass is 19.1. The smallest absolute Gasteiger partial charge is 0.343 e. The molecular weight excluding hydrogens is 609 g/mol. The Labute approximate surface area is 270 Å². The number of fused-ring (bicyclic) bond motifs is 5. The van der Waals surface area contributed by atoms with E-state index in [2.05, 4.69) is 15.6 Å². The molecular formula is C34H40FN5O7. The summed E-state index contributed by atoms with van der Waals surface area (Å²) in [6, 6.07) is 4.85. The number of hydrogen-bond donors (Lipinski definition) is 4. The van der Waals surface area contributed by atoms with Gasteiger partial charge in [0.1, 0.15) is 18.5 Å². The van der Waals surface area contributed by atoms with Gasteiger partial charge in [-0.05, 0) is 43.9 Å². The Morgan fingerprint density at radius 2 is 1.85 bits per heavy atom. The summed E-state index contributed by atoms with van der Waals surface area (Å²) in [7, 11) is 0. The van der Waals surface area contributed by atoms with E-state index in [1.807, 2.05) is 20.8 Å². The number of cyclic esters (lactones) is 1. The maximum absolute atomic E-state index is 15.3. The fraction of sp³-hybridized carbons (Fsp3) is 0.471. The number of carbonyl (C=O) groups excluding carboxylic acids is 4. The van der Waals surface area contributed by atoms with Gasteiger partial charge in [0.05, 0.1) is 40.6 Å². The van der Waals surface area contributed by atoms with Crippen LogP contribution in [-0.2, 0) is 42.7 Å². The zero-order valence-electron chi connectivity index (χ0n) is 27.1. The normalized spacial score (nSPS) is 18.5. The van der Waals surface area contributed by atoms with Crippen molar-refractivity contribution in [3.05, 3.63) is 57.1 Å². The molecule has 0 spiro atoms. The minimum Gasteiger partial charge on any atom is -0.458 e. The molecule has 0 radical (unpaired) electrons. The Hall–Kier alpha value is -4.65. The van der Waals surface area contributed by atoms with Crippen LogP contribution >= 0.6 is 0 Å². The number of esters is 1. The summed E-state index contributed by atoms with van der Waals surface area (Å²) in [5.41, 5.74) is 5.21. The lowest BCUT2D eigenvalue weighted by molar-refractivity contribution is -0.172. The molecule has 3 aromatic rings. The standard InChI is InChI=1S/C34H40FN5O7/c1-6-8-9-20(29(36)41)27(16(3)4)31(43)37-17(5)30(42)39-25-11-18-10-19-14-40-26(28(19)38-24(18)13-23(25)35)12-22-21(32(40)44)15-47-33(45)34(22,46)7-2/h10-13,16-17,20,27,46H,6-9,14-15H2,1-5H3,(H2,36,41)(H,37,43)(H,39,42)/t17-,20?,27-,34-/m0/s1. The van der Waals surface area contributed by atoms with Gasteiger partial charge in [0, 0.05) is 28.5 Å². The number of nitrogens with zero attached hydrogens (tertiary/aromatic N) is 2. The van der Waals surface area contributed by atoms with Crippen LogP contribution in [-0.4, -0.2) is 44.4 Å². The van der Waals surface area contributed by atoms with Gasteiger partial charge in [-0.1, -0.05) is 40.5 Å². The van der Waals surface area contributed by atoms with E-state index in [-0.39, 0.29) is 47.8 Å². The Balaban J connectivity index is 1.39. The predicted molar refractivity (Wildman–Crippen MR) is 171 cm³/mol. The van der Waals surface area contributed by atoms with Crippen molar-refractivity contribution in [2.75, 3.05) is 5.32 Å². The first-order chi connectivity index (χ1) is 22.2. The Bertz CT molecular complexity index is 1850. The quantitative estimate of drug-likeness (QED) is 0.179. The Morgan fingerprint density at radius 1 is 1.13 bits per heavy atom. The second-order valence-corrected chi connectivity index (χ2v) is 12.8. The molecule has 3 amide bonds. The van der Waals surface area contributed by atoms with E-state index in [0.717, 1.165) is 18.9 Å². The van der Waals surface area contributed by atoms with Gasteiger partial charge in [0.25, 0.3) is 5.56 Å². The largest absolute Gasteiger partial charge is 0.458 e. The summed E-state index contributed by atoms with van der Waals surface area (Å²) < 4.78 is 21.9. The number of nitrogens with one attached hydrogen (secondary N) is 2. The number of ether oxygens (including phenoxy) is 1. The van der Waals surface area contributed by atoms with E-state index in [1.54, 1.807) is 19.1 Å². The molecule has 4 atom stereocenters. The number of aromatic nitrogens is 2. The number of aliphatic hydroxyl groups is 1. The van der Waals surface area contributed by atoms with E-state index in [0.29, 0.717) is 28.8 Å². The molecule has 13 heteroatoms. The van der Waals surface area contributed by atoms with Gasteiger partial charge in [0.2, 0.25) is 17.7 Å². The maximum Gasteiger partial charge on any atom is 0.343 e. The van der Waals surface area contributed by atoms with E-state index in [1.165, 1.54) is 17.6 Å². The fourth-order valence-electron chi connectivity index (χ4n) is 6.59. The first kappa shape index (κ1) is 33.7. The molecule has 0 bridgehead atoms. The van der Waals surface area contributed by atoms with Crippen molar-refractivity contribution in [1.29, 1.82) is 0 Å². The van der Waals surface area contributed by atoms with Crippen molar-refractivity contribution in [3.8, 4) is 11.4 Å². The summed E-state index contributed by atoms with van der Waals surface area (Å²) in [6.07, 6.45) is 2.02. The SMILES string of the molecule is CCCCC(C(N)=O)[C@@H](C(=O)N[C@@H](C)C(=O)Nc1cc2cc3c(nc2cc1F)-c1cc2c(c(=O)n1C3)COC(=O)[C@]2(O)CC)C(C)C. The summed E-state index contributed by atoms with van der Waals surface area (Å²) in [5.74, 6) is -4.94. The van der Waals surface area contributed by atoms with Crippen LogP contribution in [0.5, 0.6) is 0 Å². The molecule has 12 nitrogen and oxygen atoms in total. The first-order valence-electron chi connectivity index (χ1n) is 15.9. The van der Waals surface area contributed by atoms with Crippen LogP contribution in [0.2, 0.25) is 0 Å². The van der Waals surface area contributed by atoms with Crippen molar-refractivity contribution in [3.63, 3.8) is 0 Å². The third-order valence-corrected chi connectivity index (χ3v) is 9.29. The van der Waals surface area contributed by atoms with Gasteiger partial charge >= 0.3 is 5.97 Å². The van der Waals surface area contributed by atoms with E-state index < -0.39 is 58.5 Å². The first-order valence-corrected chi connectivity index (χ1v) is 15.9. The highest BCUT2D eigenvalue weighted by Crippen LogP contribution is 2.39. The molecule has 250 valence electrons. The van der Waals surface area contributed by atoms with Crippen LogP contribution in [0.1, 0.15) is 77.0 Å². The number of carbonyl (C=O) groups is 4. The van der Waals surface area contributed by atoms with Gasteiger partial charge in [-0.25, -0.2) is 14.2 Å². The van der Waals surface area contributed by atoms with Crippen molar-refractivity contribution in [2.24, 2.45) is 23.5 Å². The van der Waals surface area contributed by atoms with Crippen LogP contribution in [0.15, 0.2) is 29.1 Å². The highest BCUT2D eigenvalue weighted by Gasteiger charge is 2.45. The van der Waals surface area contributed by atoms with Crippen LogP contribution in [0.4, 0.5) is 10.1 Å². The average Bonchev–Trinajstić information content (AvgIpc) is 3.37. The Kier molecular flexibility index (Phi) is 9.22. The molecule has 1 unspecified atom stereocenters. The fourth-order valence-corrected chi connectivity index (χ4v) is 6.59. The number of primary amides is 1. The third-order valence-electron chi connectivity index (χ3n) is 9.29. The van der Waals surface area contributed by atoms with Crippen LogP contribution in [0, 0.1) is 23.6 Å². The third kappa shape index (κ3) is 5.99. The summed E-state index contributed by atoms with van der Waals surface area (Å²) in [4.78, 5) is 69.0. The zero-order chi connectivity index (χ0) is 34.4. The second-order valence-electron chi connectivity index (χ2n) is 12.8. The van der Waals surface area contributed by atoms with Crippen LogP contribution in [0.25, 0.3) is 22.3 Å². The van der Waals surface area contributed by atoms with Crippen LogP contribution < -0.4 is 21.9 Å². The lowest BCUT2D eigenvalue weighted by atomic mass is 9.79. The van der Waals surface area contributed by atoms with Crippen molar-refractivity contribution in [1.82, 2.24) is 14.9 Å². The molecule has 5 rings (SSSR count). The predicted octanol–water partition coefficient (Wildman–Crippen LogP) is 3.23. The maximum atomic E-state index is 15.3. The molecule has 2 aliphatic heterocycles. The topological polar surface area (TPSA) is 183 Å². The van der Waals surface area contributed by atoms with Crippen LogP contribution in [0.3, 0.4) is 0 Å². The number of rotatable bonds is 11. The molecule has 5 N–H and O–H groups in total. The van der Waals surface area contributed by atoms with E-state index >= 15 is 4.39 Å². The van der Waals surface area contributed by atoms with Crippen molar-refractivity contribution < 1.29 is 33.4 Å². The molecule has 0 saturated carbocycles. The summed E-state index contributed by atoms with van der Waals surface area (Å²) >= 11 is 0. The number of amides is 3. The number of hydrogen-bond acceptors (Lipinski definition) is 8. The number of anilines is 1. The number of benzene rings is 1. The number of unbranched alkanes of at least 4 members (excludes halogenated alkanes) is 1. The van der Waals surface area contributed by atoms with Crippen molar-refractivity contribution >= 4 is 40.3 Å². The van der Waals surface area contributed by atoms with Gasteiger partial charge in [-0.3, -0.25) is 19.2 Å². The Morgan fingerprint density at radius 3 is 2.49 bits per heavy atom. The zero-order valence-corrected chi connectivity index (χ0v) is 27.1. The molecule has 0 fully saturated rings. The summed E-state index contributed by atoms with van der Waals surface area (Å²) in [6.45, 7) is 8.59. The lowest BCUT2D eigenvalue weighted by Gasteiger charge is -2.31. The monoisotopic (exact) mass is 649 g/mol.